The molecule has 0 bridgehead atoms. The van der Waals surface area contributed by atoms with Crippen LogP contribution in [0.1, 0.15) is 24.4 Å². The Kier molecular flexibility index (Phi) is 7.15. The Morgan fingerprint density at radius 2 is 1.96 bits per heavy atom. The normalized spacial score (nSPS) is 18.0. The SMILES string of the molecule is COc1ccc(OCC(O)CN(Cc2ccc(C)o2)CC2CCCO2)cc1. The lowest BCUT2D eigenvalue weighted by Crippen LogP contribution is -2.39. The number of furan rings is 1. The Labute approximate surface area is 160 Å². The number of benzene rings is 1. The van der Waals surface area contributed by atoms with Gasteiger partial charge in [0.15, 0.2) is 0 Å². The van der Waals surface area contributed by atoms with Crippen LogP contribution in [0.2, 0.25) is 0 Å². The van der Waals surface area contributed by atoms with Crippen LogP contribution in [0.3, 0.4) is 0 Å². The monoisotopic (exact) mass is 375 g/mol. The molecule has 1 aliphatic heterocycles. The topological polar surface area (TPSA) is 64.3 Å². The smallest absolute Gasteiger partial charge is 0.119 e. The Hall–Kier alpha value is -2.02. The first-order chi connectivity index (χ1) is 13.1. The van der Waals surface area contributed by atoms with E-state index < -0.39 is 6.10 Å². The molecular weight excluding hydrogens is 346 g/mol. The lowest BCUT2D eigenvalue weighted by Gasteiger charge is -2.26. The van der Waals surface area contributed by atoms with E-state index in [1.54, 1.807) is 7.11 Å². The van der Waals surface area contributed by atoms with Crippen molar-refractivity contribution in [3.8, 4) is 11.5 Å². The summed E-state index contributed by atoms with van der Waals surface area (Å²) in [6, 6.07) is 11.3. The number of ether oxygens (including phenoxy) is 3. The van der Waals surface area contributed by atoms with Gasteiger partial charge in [-0.25, -0.2) is 0 Å². The largest absolute Gasteiger partial charge is 0.497 e. The first kappa shape index (κ1) is 19.7. The fraction of sp³-hybridized carbons (Fsp3) is 0.524. The second-order valence-electron chi connectivity index (χ2n) is 6.98. The quantitative estimate of drug-likeness (QED) is 0.689. The molecule has 2 atom stereocenters. The van der Waals surface area contributed by atoms with Crippen molar-refractivity contribution in [1.82, 2.24) is 4.90 Å². The Morgan fingerprint density at radius 3 is 2.59 bits per heavy atom. The highest BCUT2D eigenvalue weighted by molar-refractivity contribution is 5.31. The van der Waals surface area contributed by atoms with E-state index in [-0.39, 0.29) is 12.7 Å². The molecule has 2 unspecified atom stereocenters. The fourth-order valence-electron chi connectivity index (χ4n) is 3.29. The average Bonchev–Trinajstić information content (AvgIpc) is 3.32. The molecule has 0 aliphatic carbocycles. The highest BCUT2D eigenvalue weighted by Gasteiger charge is 2.22. The van der Waals surface area contributed by atoms with Crippen molar-refractivity contribution in [2.24, 2.45) is 0 Å². The van der Waals surface area contributed by atoms with Crippen LogP contribution < -0.4 is 9.47 Å². The van der Waals surface area contributed by atoms with Gasteiger partial charge in [-0.1, -0.05) is 0 Å². The maximum Gasteiger partial charge on any atom is 0.119 e. The fourth-order valence-corrected chi connectivity index (χ4v) is 3.29. The summed E-state index contributed by atoms with van der Waals surface area (Å²) in [5, 5.41) is 10.5. The van der Waals surface area contributed by atoms with Gasteiger partial charge < -0.3 is 23.7 Å². The molecule has 0 spiro atoms. The lowest BCUT2D eigenvalue weighted by atomic mass is 10.2. The molecule has 27 heavy (non-hydrogen) atoms. The van der Waals surface area contributed by atoms with Crippen LogP contribution >= 0.6 is 0 Å². The van der Waals surface area contributed by atoms with E-state index in [4.69, 9.17) is 18.6 Å². The van der Waals surface area contributed by atoms with Gasteiger partial charge in [0, 0.05) is 19.7 Å². The second kappa shape index (κ2) is 9.78. The number of nitrogens with zero attached hydrogens (tertiary/aromatic N) is 1. The van der Waals surface area contributed by atoms with Crippen LogP contribution in [0.15, 0.2) is 40.8 Å². The molecule has 1 aliphatic rings. The number of rotatable bonds is 10. The van der Waals surface area contributed by atoms with E-state index in [9.17, 15) is 5.11 Å². The third-order valence-electron chi connectivity index (χ3n) is 4.63. The van der Waals surface area contributed by atoms with Crippen molar-refractivity contribution < 1.29 is 23.7 Å². The minimum Gasteiger partial charge on any atom is -0.497 e. The van der Waals surface area contributed by atoms with Crippen molar-refractivity contribution in [1.29, 1.82) is 0 Å². The molecule has 1 aromatic carbocycles. The molecular formula is C21H29NO5. The van der Waals surface area contributed by atoms with Gasteiger partial charge >= 0.3 is 0 Å². The van der Waals surface area contributed by atoms with E-state index in [1.165, 1.54) is 0 Å². The lowest BCUT2D eigenvalue weighted by molar-refractivity contribution is 0.0289. The molecule has 1 aromatic heterocycles. The average molecular weight is 375 g/mol. The summed E-state index contributed by atoms with van der Waals surface area (Å²) >= 11 is 0. The Balaban J connectivity index is 1.52. The third-order valence-corrected chi connectivity index (χ3v) is 4.63. The molecule has 3 rings (SSSR count). The highest BCUT2D eigenvalue weighted by atomic mass is 16.5. The number of aliphatic hydroxyl groups is 1. The maximum absolute atomic E-state index is 10.5. The van der Waals surface area contributed by atoms with Crippen LogP contribution in [0.25, 0.3) is 0 Å². The molecule has 6 nitrogen and oxygen atoms in total. The summed E-state index contributed by atoms with van der Waals surface area (Å²) in [5.74, 6) is 3.28. The summed E-state index contributed by atoms with van der Waals surface area (Å²) in [5.41, 5.74) is 0. The number of hydrogen-bond acceptors (Lipinski definition) is 6. The number of hydrogen-bond donors (Lipinski definition) is 1. The third kappa shape index (κ3) is 6.27. The zero-order chi connectivity index (χ0) is 19.1. The van der Waals surface area contributed by atoms with Gasteiger partial charge in [0.2, 0.25) is 0 Å². The molecule has 0 radical (unpaired) electrons. The van der Waals surface area contributed by atoms with Gasteiger partial charge in [-0.3, -0.25) is 4.90 Å². The first-order valence-corrected chi connectivity index (χ1v) is 9.46. The molecule has 2 heterocycles. The van der Waals surface area contributed by atoms with Gasteiger partial charge in [0.05, 0.1) is 19.8 Å². The maximum atomic E-state index is 10.5. The highest BCUT2D eigenvalue weighted by Crippen LogP contribution is 2.18. The van der Waals surface area contributed by atoms with Crippen molar-refractivity contribution in [3.05, 3.63) is 47.9 Å². The molecule has 1 N–H and O–H groups in total. The van der Waals surface area contributed by atoms with E-state index in [2.05, 4.69) is 4.90 Å². The summed E-state index contributed by atoms with van der Waals surface area (Å²) in [4.78, 5) is 2.18. The summed E-state index contributed by atoms with van der Waals surface area (Å²) < 4.78 is 22.3. The molecule has 1 fully saturated rings. The number of aryl methyl sites for hydroxylation is 1. The van der Waals surface area contributed by atoms with E-state index in [0.717, 1.165) is 43.3 Å². The summed E-state index contributed by atoms with van der Waals surface area (Å²) in [6.07, 6.45) is 1.77. The summed E-state index contributed by atoms with van der Waals surface area (Å²) in [6.45, 7) is 4.90. The predicted octanol–water partition coefficient (Wildman–Crippen LogP) is 3.02. The van der Waals surface area contributed by atoms with Gasteiger partial charge in [0.1, 0.15) is 35.7 Å². The van der Waals surface area contributed by atoms with Crippen molar-refractivity contribution >= 4 is 0 Å². The Bertz CT molecular complexity index is 678. The number of aliphatic hydroxyl groups excluding tert-OH is 1. The zero-order valence-electron chi connectivity index (χ0n) is 16.1. The minimum atomic E-state index is -0.607. The van der Waals surface area contributed by atoms with Crippen LogP contribution in [0.5, 0.6) is 11.5 Å². The molecule has 2 aromatic rings. The van der Waals surface area contributed by atoms with Crippen LogP contribution in [0, 0.1) is 6.92 Å². The van der Waals surface area contributed by atoms with E-state index in [1.807, 2.05) is 43.3 Å². The number of methoxy groups -OCH3 is 1. The van der Waals surface area contributed by atoms with Crippen LogP contribution in [-0.4, -0.2) is 55.6 Å². The zero-order valence-corrected chi connectivity index (χ0v) is 16.1. The molecule has 148 valence electrons. The van der Waals surface area contributed by atoms with Crippen molar-refractivity contribution in [2.75, 3.05) is 33.4 Å². The predicted molar refractivity (Wildman–Crippen MR) is 102 cm³/mol. The minimum absolute atomic E-state index is 0.218. The first-order valence-electron chi connectivity index (χ1n) is 9.46. The summed E-state index contributed by atoms with van der Waals surface area (Å²) in [7, 11) is 1.63. The molecule has 6 heteroatoms. The van der Waals surface area contributed by atoms with Gasteiger partial charge in [-0.2, -0.15) is 0 Å². The van der Waals surface area contributed by atoms with Crippen molar-refractivity contribution in [3.63, 3.8) is 0 Å². The van der Waals surface area contributed by atoms with Crippen LogP contribution in [0.4, 0.5) is 0 Å². The van der Waals surface area contributed by atoms with E-state index in [0.29, 0.717) is 18.8 Å². The van der Waals surface area contributed by atoms with E-state index >= 15 is 0 Å². The van der Waals surface area contributed by atoms with Gasteiger partial charge in [-0.05, 0) is 56.2 Å². The van der Waals surface area contributed by atoms with Gasteiger partial charge in [-0.15, -0.1) is 0 Å². The van der Waals surface area contributed by atoms with Crippen molar-refractivity contribution in [2.45, 2.75) is 38.5 Å². The molecule has 1 saturated heterocycles. The Morgan fingerprint density at radius 1 is 1.19 bits per heavy atom. The molecule has 0 amide bonds. The van der Waals surface area contributed by atoms with Crippen LogP contribution in [-0.2, 0) is 11.3 Å². The molecule has 0 saturated carbocycles. The van der Waals surface area contributed by atoms with Gasteiger partial charge in [0.25, 0.3) is 0 Å². The second-order valence-corrected chi connectivity index (χ2v) is 6.98. The standard InChI is InChI=1S/C21H29NO5/c1-16-5-6-21(27-16)14-22(13-20-4-3-11-25-20)12-17(23)15-26-19-9-7-18(24-2)8-10-19/h5-10,17,20,23H,3-4,11-15H2,1-2H3.